The Balaban J connectivity index is 1.87. The molecule has 1 unspecified atom stereocenters. The Morgan fingerprint density at radius 3 is 2.41 bits per heavy atom. The van der Waals surface area contributed by atoms with E-state index in [9.17, 15) is 18.0 Å². The number of carbonyl (C=O) groups is 1. The molecule has 0 saturated heterocycles. The first kappa shape index (κ1) is 18.8. The van der Waals surface area contributed by atoms with Crippen molar-refractivity contribution in [1.29, 1.82) is 0 Å². The second kappa shape index (κ2) is 7.36. The maximum Gasteiger partial charge on any atom is 0.349 e. The molecular weight excluding hydrogens is 366 g/mol. The molecular formula is C20H19NO5S. The van der Waals surface area contributed by atoms with Crippen LogP contribution in [0.15, 0.2) is 68.7 Å². The molecule has 1 N–H and O–H groups in total. The van der Waals surface area contributed by atoms with Gasteiger partial charge in [0.2, 0.25) is 0 Å². The molecule has 27 heavy (non-hydrogen) atoms. The predicted molar refractivity (Wildman–Crippen MR) is 103 cm³/mol. The summed E-state index contributed by atoms with van der Waals surface area (Å²) in [7, 11) is -3.29. The number of rotatable bonds is 5. The zero-order valence-electron chi connectivity index (χ0n) is 14.9. The maximum absolute atomic E-state index is 12.6. The van der Waals surface area contributed by atoms with Gasteiger partial charge in [-0.2, -0.15) is 0 Å². The summed E-state index contributed by atoms with van der Waals surface area (Å²) in [5, 5.41) is 3.47. The fourth-order valence-corrected chi connectivity index (χ4v) is 3.46. The third-order valence-electron chi connectivity index (χ3n) is 4.31. The summed E-state index contributed by atoms with van der Waals surface area (Å²) in [5.41, 5.74) is 0.402. The van der Waals surface area contributed by atoms with Crippen molar-refractivity contribution in [1.82, 2.24) is 5.32 Å². The van der Waals surface area contributed by atoms with E-state index in [1.54, 1.807) is 36.4 Å². The van der Waals surface area contributed by atoms with E-state index in [-0.39, 0.29) is 16.5 Å². The van der Waals surface area contributed by atoms with Gasteiger partial charge < -0.3 is 9.73 Å². The Hall–Kier alpha value is -2.93. The van der Waals surface area contributed by atoms with Gasteiger partial charge in [0.1, 0.15) is 11.1 Å². The van der Waals surface area contributed by atoms with Gasteiger partial charge in [0.05, 0.1) is 10.9 Å². The second-order valence-corrected chi connectivity index (χ2v) is 8.28. The van der Waals surface area contributed by atoms with Crippen LogP contribution in [0.3, 0.4) is 0 Å². The topological polar surface area (TPSA) is 93.4 Å². The molecule has 0 bridgehead atoms. The van der Waals surface area contributed by atoms with E-state index in [0.717, 1.165) is 11.8 Å². The Morgan fingerprint density at radius 1 is 1.11 bits per heavy atom. The lowest BCUT2D eigenvalue weighted by Crippen LogP contribution is -2.31. The standard InChI is InChI=1S/C20H19NO5S/c1-3-17(13-8-10-15(11-9-13)27(2,24)25)21-19(22)16-12-14-6-4-5-7-18(14)26-20(16)23/h4-12,17H,3H2,1-2H3,(H,21,22). The van der Waals surface area contributed by atoms with Gasteiger partial charge in [0.25, 0.3) is 5.91 Å². The predicted octanol–water partition coefficient (Wildman–Crippen LogP) is 3.08. The molecule has 3 aromatic rings. The Bertz CT molecular complexity index is 1150. The van der Waals surface area contributed by atoms with Crippen molar-refractivity contribution in [2.24, 2.45) is 0 Å². The minimum absolute atomic E-state index is 0.0695. The molecule has 0 radical (unpaired) electrons. The largest absolute Gasteiger partial charge is 0.422 e. The van der Waals surface area contributed by atoms with Crippen LogP contribution in [-0.2, 0) is 9.84 Å². The van der Waals surface area contributed by atoms with E-state index in [2.05, 4.69) is 5.32 Å². The fourth-order valence-electron chi connectivity index (χ4n) is 2.82. The minimum atomic E-state index is -3.29. The van der Waals surface area contributed by atoms with Gasteiger partial charge in [0.15, 0.2) is 9.84 Å². The van der Waals surface area contributed by atoms with Gasteiger partial charge in [-0.05, 0) is 36.2 Å². The van der Waals surface area contributed by atoms with Gasteiger partial charge >= 0.3 is 5.63 Å². The summed E-state index contributed by atoms with van der Waals surface area (Å²) in [5.74, 6) is -0.534. The van der Waals surface area contributed by atoms with E-state index in [4.69, 9.17) is 4.42 Å². The average Bonchev–Trinajstić information content (AvgIpc) is 2.64. The normalized spacial score (nSPS) is 12.7. The lowest BCUT2D eigenvalue weighted by atomic mass is 10.0. The molecule has 1 heterocycles. The van der Waals surface area contributed by atoms with E-state index in [1.807, 2.05) is 6.92 Å². The lowest BCUT2D eigenvalue weighted by molar-refractivity contribution is 0.0932. The van der Waals surface area contributed by atoms with Crippen LogP contribution in [0.1, 0.15) is 35.3 Å². The first-order chi connectivity index (χ1) is 12.8. The van der Waals surface area contributed by atoms with Crippen molar-refractivity contribution in [3.05, 3.63) is 76.1 Å². The third kappa shape index (κ3) is 4.09. The molecule has 0 fully saturated rings. The van der Waals surface area contributed by atoms with Crippen LogP contribution in [0.5, 0.6) is 0 Å². The third-order valence-corrected chi connectivity index (χ3v) is 5.44. The molecule has 2 aromatic carbocycles. The summed E-state index contributed by atoms with van der Waals surface area (Å²) in [4.78, 5) is 25.0. The van der Waals surface area contributed by atoms with E-state index in [1.165, 1.54) is 18.2 Å². The number of sulfone groups is 1. The molecule has 3 rings (SSSR count). The summed E-state index contributed by atoms with van der Waals surface area (Å²) in [6, 6.07) is 14.4. The SMILES string of the molecule is CCC(NC(=O)c1cc2ccccc2oc1=O)c1ccc(S(C)(=O)=O)cc1. The van der Waals surface area contributed by atoms with Gasteiger partial charge in [-0.25, -0.2) is 13.2 Å². The number of carbonyl (C=O) groups excluding carboxylic acids is 1. The zero-order valence-corrected chi connectivity index (χ0v) is 15.7. The smallest absolute Gasteiger partial charge is 0.349 e. The van der Waals surface area contributed by atoms with Gasteiger partial charge in [0, 0.05) is 11.6 Å². The van der Waals surface area contributed by atoms with Gasteiger partial charge in [-0.15, -0.1) is 0 Å². The monoisotopic (exact) mass is 385 g/mol. The Labute approximate surface area is 156 Å². The van der Waals surface area contributed by atoms with Crippen molar-refractivity contribution in [2.75, 3.05) is 6.26 Å². The molecule has 0 saturated carbocycles. The highest BCUT2D eigenvalue weighted by atomic mass is 32.2. The highest BCUT2D eigenvalue weighted by molar-refractivity contribution is 7.90. The number of para-hydroxylation sites is 1. The van der Waals surface area contributed by atoms with Crippen LogP contribution in [0.25, 0.3) is 11.0 Å². The van der Waals surface area contributed by atoms with Crippen molar-refractivity contribution in [2.45, 2.75) is 24.3 Å². The molecule has 6 nitrogen and oxygen atoms in total. The Morgan fingerprint density at radius 2 is 1.78 bits per heavy atom. The number of fused-ring (bicyclic) bond motifs is 1. The maximum atomic E-state index is 12.6. The average molecular weight is 385 g/mol. The van der Waals surface area contributed by atoms with Crippen molar-refractivity contribution in [3.63, 3.8) is 0 Å². The minimum Gasteiger partial charge on any atom is -0.422 e. The van der Waals surface area contributed by atoms with Crippen molar-refractivity contribution < 1.29 is 17.6 Å². The number of benzene rings is 2. The molecule has 7 heteroatoms. The fraction of sp³-hybridized carbons (Fsp3) is 0.200. The molecule has 0 aliphatic rings. The molecule has 0 aliphatic heterocycles. The first-order valence-electron chi connectivity index (χ1n) is 8.43. The second-order valence-electron chi connectivity index (χ2n) is 6.26. The van der Waals surface area contributed by atoms with Gasteiger partial charge in [-0.3, -0.25) is 4.79 Å². The van der Waals surface area contributed by atoms with Crippen LogP contribution in [0.2, 0.25) is 0 Å². The summed E-state index contributed by atoms with van der Waals surface area (Å²) < 4.78 is 28.4. The quantitative estimate of drug-likeness (QED) is 0.681. The highest BCUT2D eigenvalue weighted by Crippen LogP contribution is 2.20. The van der Waals surface area contributed by atoms with Gasteiger partial charge in [-0.1, -0.05) is 37.3 Å². The molecule has 1 amide bonds. The number of amides is 1. The summed E-state index contributed by atoms with van der Waals surface area (Å²) in [6.07, 6.45) is 1.71. The molecule has 0 aliphatic carbocycles. The molecule has 1 aromatic heterocycles. The van der Waals surface area contributed by atoms with E-state index < -0.39 is 21.4 Å². The zero-order chi connectivity index (χ0) is 19.6. The molecule has 140 valence electrons. The highest BCUT2D eigenvalue weighted by Gasteiger charge is 2.19. The van der Waals surface area contributed by atoms with Crippen LogP contribution >= 0.6 is 0 Å². The molecule has 0 spiro atoms. The first-order valence-corrected chi connectivity index (χ1v) is 10.3. The van der Waals surface area contributed by atoms with Crippen LogP contribution in [0.4, 0.5) is 0 Å². The Kier molecular flexibility index (Phi) is 5.14. The summed E-state index contributed by atoms with van der Waals surface area (Å²) in [6.45, 7) is 1.89. The number of nitrogens with one attached hydrogen (secondary N) is 1. The number of hydrogen-bond donors (Lipinski definition) is 1. The van der Waals surface area contributed by atoms with Crippen LogP contribution in [0, 0.1) is 0 Å². The summed E-state index contributed by atoms with van der Waals surface area (Å²) >= 11 is 0. The van der Waals surface area contributed by atoms with Crippen LogP contribution in [-0.4, -0.2) is 20.6 Å². The van der Waals surface area contributed by atoms with E-state index in [0.29, 0.717) is 17.4 Å². The van der Waals surface area contributed by atoms with Crippen molar-refractivity contribution in [3.8, 4) is 0 Å². The number of hydrogen-bond acceptors (Lipinski definition) is 5. The molecule has 1 atom stereocenters. The van der Waals surface area contributed by atoms with Crippen molar-refractivity contribution >= 4 is 26.7 Å². The lowest BCUT2D eigenvalue weighted by Gasteiger charge is -2.17. The van der Waals surface area contributed by atoms with Crippen LogP contribution < -0.4 is 10.9 Å². The van der Waals surface area contributed by atoms with E-state index >= 15 is 0 Å².